The van der Waals surface area contributed by atoms with Gasteiger partial charge in [-0.3, -0.25) is 0 Å². The van der Waals surface area contributed by atoms with Gasteiger partial charge in [0.25, 0.3) is 0 Å². The van der Waals surface area contributed by atoms with Gasteiger partial charge in [0, 0.05) is 19.0 Å². The molecule has 0 bridgehead atoms. The molecule has 0 atom stereocenters. The largest absolute Gasteiger partial charge is 0.476 e. The zero-order chi connectivity index (χ0) is 14.7. The van der Waals surface area contributed by atoms with Crippen molar-refractivity contribution in [1.82, 2.24) is 9.97 Å². The van der Waals surface area contributed by atoms with Crippen molar-refractivity contribution in [3.8, 4) is 0 Å². The van der Waals surface area contributed by atoms with Crippen LogP contribution in [0.4, 0.5) is 5.69 Å². The third-order valence-corrected chi connectivity index (χ3v) is 3.52. The van der Waals surface area contributed by atoms with Crippen LogP contribution in [0.2, 0.25) is 0 Å². The zero-order valence-electron chi connectivity index (χ0n) is 12.5. The number of carboxylic acid groups (broad SMARTS) is 1. The maximum Gasteiger partial charge on any atom is 0.356 e. The molecule has 1 N–H and O–H groups in total. The molecule has 5 nitrogen and oxygen atoms in total. The van der Waals surface area contributed by atoms with E-state index in [2.05, 4.69) is 21.8 Å². The zero-order valence-corrected chi connectivity index (χ0v) is 12.5. The molecule has 1 aromatic heterocycles. The van der Waals surface area contributed by atoms with Crippen molar-refractivity contribution in [1.29, 1.82) is 0 Å². The molecule has 0 saturated heterocycles. The molecule has 1 aliphatic carbocycles. The molecule has 0 radical (unpaired) electrons. The lowest BCUT2D eigenvalue weighted by molar-refractivity contribution is 0.0690. The van der Waals surface area contributed by atoms with Crippen molar-refractivity contribution in [2.24, 2.45) is 5.92 Å². The van der Waals surface area contributed by atoms with E-state index < -0.39 is 5.97 Å². The van der Waals surface area contributed by atoms with E-state index in [0.29, 0.717) is 17.4 Å². The monoisotopic (exact) mass is 277 g/mol. The van der Waals surface area contributed by atoms with Crippen molar-refractivity contribution in [3.63, 3.8) is 0 Å². The van der Waals surface area contributed by atoms with E-state index in [4.69, 9.17) is 0 Å². The Morgan fingerprint density at radius 2 is 2.20 bits per heavy atom. The predicted octanol–water partition coefficient (Wildman–Crippen LogP) is 2.92. The third-order valence-electron chi connectivity index (χ3n) is 3.52. The average Bonchev–Trinajstić information content (AvgIpc) is 3.21. The fraction of sp³-hybridized carbons (Fsp3) is 0.667. The number of carbonyl (C=O) groups is 1. The van der Waals surface area contributed by atoms with Gasteiger partial charge >= 0.3 is 5.97 Å². The molecule has 0 spiro atoms. The molecule has 1 aliphatic rings. The van der Waals surface area contributed by atoms with Gasteiger partial charge in [-0.15, -0.1) is 0 Å². The van der Waals surface area contributed by atoms with E-state index in [1.165, 1.54) is 12.8 Å². The van der Waals surface area contributed by atoms with Gasteiger partial charge in [-0.2, -0.15) is 0 Å². The van der Waals surface area contributed by atoms with E-state index in [1.807, 2.05) is 13.8 Å². The highest BCUT2D eigenvalue weighted by atomic mass is 16.4. The van der Waals surface area contributed by atoms with Gasteiger partial charge in [0.1, 0.15) is 5.82 Å². The number of hydrogen-bond acceptors (Lipinski definition) is 4. The summed E-state index contributed by atoms with van der Waals surface area (Å²) in [6.07, 6.45) is 5.16. The second-order valence-corrected chi connectivity index (χ2v) is 5.81. The van der Waals surface area contributed by atoms with E-state index in [0.717, 1.165) is 19.5 Å². The Labute approximate surface area is 120 Å². The van der Waals surface area contributed by atoms with Crippen LogP contribution in [0.1, 0.15) is 62.3 Å². The Balaban J connectivity index is 2.33. The summed E-state index contributed by atoms with van der Waals surface area (Å²) in [5.41, 5.74) is 0.799. The van der Waals surface area contributed by atoms with Gasteiger partial charge in [-0.05, 0) is 25.2 Å². The minimum absolute atomic E-state index is 0.130. The van der Waals surface area contributed by atoms with Gasteiger partial charge in [0.15, 0.2) is 5.69 Å². The van der Waals surface area contributed by atoms with E-state index >= 15 is 0 Å². The first-order chi connectivity index (χ1) is 9.52. The Hall–Kier alpha value is -1.65. The molecule has 2 rings (SSSR count). The first-order valence-electron chi connectivity index (χ1n) is 7.38. The summed E-state index contributed by atoms with van der Waals surface area (Å²) in [5, 5.41) is 9.42. The number of aromatic carboxylic acids is 1. The molecule has 1 saturated carbocycles. The van der Waals surface area contributed by atoms with Crippen LogP contribution in [0.15, 0.2) is 6.20 Å². The molecule has 20 heavy (non-hydrogen) atoms. The summed E-state index contributed by atoms with van der Waals surface area (Å²) < 4.78 is 0. The number of carboxylic acids is 1. The van der Waals surface area contributed by atoms with Crippen molar-refractivity contribution in [2.45, 2.75) is 46.0 Å². The first-order valence-corrected chi connectivity index (χ1v) is 7.38. The molecule has 1 aromatic rings. The molecule has 0 amide bonds. The molecular weight excluding hydrogens is 254 g/mol. The number of anilines is 1. The van der Waals surface area contributed by atoms with Gasteiger partial charge < -0.3 is 10.0 Å². The molecule has 1 fully saturated rings. The van der Waals surface area contributed by atoms with Crippen molar-refractivity contribution in [2.75, 3.05) is 18.0 Å². The van der Waals surface area contributed by atoms with Crippen LogP contribution in [0.3, 0.4) is 0 Å². The Bertz CT molecular complexity index is 484. The second kappa shape index (κ2) is 6.20. The van der Waals surface area contributed by atoms with Gasteiger partial charge in [0.2, 0.25) is 0 Å². The van der Waals surface area contributed by atoms with Crippen LogP contribution in [0.5, 0.6) is 0 Å². The fourth-order valence-electron chi connectivity index (χ4n) is 2.25. The lowest BCUT2D eigenvalue weighted by Gasteiger charge is -2.25. The van der Waals surface area contributed by atoms with Crippen LogP contribution >= 0.6 is 0 Å². The summed E-state index contributed by atoms with van der Waals surface area (Å²) in [6, 6.07) is 0. The minimum atomic E-state index is -0.971. The summed E-state index contributed by atoms with van der Waals surface area (Å²) in [6.45, 7) is 7.80. The number of hydrogen-bond donors (Lipinski definition) is 1. The summed E-state index contributed by atoms with van der Waals surface area (Å²) in [4.78, 5) is 22.2. The maximum absolute atomic E-state index is 11.5. The lowest BCUT2D eigenvalue weighted by atomic mass is 10.2. The highest BCUT2D eigenvalue weighted by Gasteiger charge is 2.27. The normalized spacial score (nSPS) is 14.6. The average molecular weight is 277 g/mol. The van der Waals surface area contributed by atoms with Gasteiger partial charge in [-0.25, -0.2) is 14.8 Å². The number of rotatable bonds is 7. The summed E-state index contributed by atoms with van der Waals surface area (Å²) >= 11 is 0. The topological polar surface area (TPSA) is 66.3 Å². The summed E-state index contributed by atoms with van der Waals surface area (Å²) in [7, 11) is 0. The second-order valence-electron chi connectivity index (χ2n) is 5.81. The molecule has 0 aliphatic heterocycles. The smallest absolute Gasteiger partial charge is 0.356 e. The molecular formula is C15H23N3O2. The van der Waals surface area contributed by atoms with Crippen molar-refractivity contribution >= 4 is 11.7 Å². The minimum Gasteiger partial charge on any atom is -0.476 e. The molecule has 110 valence electrons. The Kier molecular flexibility index (Phi) is 4.57. The quantitative estimate of drug-likeness (QED) is 0.830. The van der Waals surface area contributed by atoms with E-state index in [9.17, 15) is 9.90 Å². The predicted molar refractivity (Wildman–Crippen MR) is 78.3 cm³/mol. The van der Waals surface area contributed by atoms with Crippen LogP contribution in [0.25, 0.3) is 0 Å². The molecule has 1 heterocycles. The van der Waals surface area contributed by atoms with Gasteiger partial charge in [-0.1, -0.05) is 20.8 Å². The van der Waals surface area contributed by atoms with Crippen LogP contribution in [-0.4, -0.2) is 34.1 Å². The highest BCUT2D eigenvalue weighted by molar-refractivity contribution is 5.92. The fourth-order valence-corrected chi connectivity index (χ4v) is 2.25. The van der Waals surface area contributed by atoms with Crippen molar-refractivity contribution in [3.05, 3.63) is 17.7 Å². The SMILES string of the molecule is CCCN(CC1CC1)c1cnc(C(C)C)nc1C(=O)O. The van der Waals surface area contributed by atoms with Crippen molar-refractivity contribution < 1.29 is 9.90 Å². The number of aromatic nitrogens is 2. The van der Waals surface area contributed by atoms with Crippen LogP contribution < -0.4 is 4.90 Å². The Morgan fingerprint density at radius 1 is 1.50 bits per heavy atom. The third kappa shape index (κ3) is 3.46. The molecule has 0 aromatic carbocycles. The van der Waals surface area contributed by atoms with Gasteiger partial charge in [0.05, 0.1) is 11.9 Å². The standard InChI is InChI=1S/C15H23N3O2/c1-4-7-18(9-11-5-6-11)12-8-16-14(10(2)3)17-13(12)15(19)20/h8,10-11H,4-7,9H2,1-3H3,(H,19,20). The maximum atomic E-state index is 11.5. The van der Waals surface area contributed by atoms with E-state index in [-0.39, 0.29) is 11.6 Å². The van der Waals surface area contributed by atoms with E-state index in [1.54, 1.807) is 6.20 Å². The van der Waals surface area contributed by atoms with Crippen LogP contribution in [-0.2, 0) is 0 Å². The highest BCUT2D eigenvalue weighted by Crippen LogP contribution is 2.32. The molecule has 5 heteroatoms. The lowest BCUT2D eigenvalue weighted by Crippen LogP contribution is -2.29. The molecule has 0 unspecified atom stereocenters. The first kappa shape index (κ1) is 14.8. The number of nitrogens with zero attached hydrogens (tertiary/aromatic N) is 3. The Morgan fingerprint density at radius 3 is 2.70 bits per heavy atom. The summed E-state index contributed by atoms with van der Waals surface area (Å²) in [5.74, 6) is 0.452. The van der Waals surface area contributed by atoms with Crippen LogP contribution in [0, 0.1) is 5.92 Å².